The summed E-state index contributed by atoms with van der Waals surface area (Å²) in [6.45, 7) is 2.06. The molecule has 0 aromatic carbocycles. The first-order chi connectivity index (χ1) is 9.20. The van der Waals surface area contributed by atoms with Crippen molar-refractivity contribution in [1.29, 1.82) is 0 Å². The number of aromatic nitrogens is 1. The first kappa shape index (κ1) is 11.9. The van der Waals surface area contributed by atoms with Crippen molar-refractivity contribution >= 4 is 0 Å². The fourth-order valence-corrected chi connectivity index (χ4v) is 5.45. The van der Waals surface area contributed by atoms with E-state index >= 15 is 0 Å². The van der Waals surface area contributed by atoms with Crippen molar-refractivity contribution < 1.29 is 5.11 Å². The highest BCUT2D eigenvalue weighted by Gasteiger charge is 2.50. The fourth-order valence-electron chi connectivity index (χ4n) is 5.45. The van der Waals surface area contributed by atoms with Gasteiger partial charge in [-0.3, -0.25) is 4.98 Å². The second-order valence-corrected chi connectivity index (χ2v) is 7.25. The van der Waals surface area contributed by atoms with E-state index < -0.39 is 0 Å². The molecule has 1 aromatic rings. The summed E-state index contributed by atoms with van der Waals surface area (Å²) in [4.78, 5) is 4.26. The van der Waals surface area contributed by atoms with Gasteiger partial charge in [-0.05, 0) is 79.7 Å². The Balaban J connectivity index is 1.62. The molecular weight excluding hydrogens is 234 g/mol. The van der Waals surface area contributed by atoms with Crippen LogP contribution in [0.15, 0.2) is 18.5 Å². The van der Waals surface area contributed by atoms with Crippen molar-refractivity contribution in [3.63, 3.8) is 0 Å². The maximum Gasteiger partial charge on any atom is 0.0838 e. The van der Waals surface area contributed by atoms with E-state index in [-0.39, 0.29) is 6.10 Å². The molecule has 0 spiro atoms. The molecule has 2 heteroatoms. The Hall–Kier alpha value is -0.890. The van der Waals surface area contributed by atoms with Crippen molar-refractivity contribution in [2.24, 2.45) is 29.6 Å². The minimum absolute atomic E-state index is 0.289. The van der Waals surface area contributed by atoms with Gasteiger partial charge in [0.05, 0.1) is 6.10 Å². The SMILES string of the molecule is Cc1cncc(C(O)C2C3CC4CC(C3)CC2C4)c1. The minimum Gasteiger partial charge on any atom is -0.388 e. The number of hydrogen-bond acceptors (Lipinski definition) is 2. The summed E-state index contributed by atoms with van der Waals surface area (Å²) < 4.78 is 0. The van der Waals surface area contributed by atoms with Crippen molar-refractivity contribution in [2.45, 2.75) is 45.1 Å². The first-order valence-electron chi connectivity index (χ1n) is 7.80. The lowest BCUT2D eigenvalue weighted by atomic mass is 9.50. The van der Waals surface area contributed by atoms with E-state index in [1.807, 2.05) is 12.4 Å². The van der Waals surface area contributed by atoms with Gasteiger partial charge in [0, 0.05) is 12.4 Å². The average Bonchev–Trinajstić information content (AvgIpc) is 2.37. The van der Waals surface area contributed by atoms with Gasteiger partial charge in [0.25, 0.3) is 0 Å². The number of pyridine rings is 1. The monoisotopic (exact) mass is 257 g/mol. The smallest absolute Gasteiger partial charge is 0.0838 e. The zero-order chi connectivity index (χ0) is 13.0. The van der Waals surface area contributed by atoms with Crippen LogP contribution in [0.1, 0.15) is 49.3 Å². The fraction of sp³-hybridized carbons (Fsp3) is 0.706. The molecule has 1 aromatic heterocycles. The standard InChI is InChI=1S/C17H23NO/c1-10-2-15(9-18-8-10)17(19)16-13-4-11-3-12(6-13)7-14(16)5-11/h2,8-9,11-14,16-17,19H,3-7H2,1H3. The number of aliphatic hydroxyl groups excluding tert-OH is 1. The summed E-state index contributed by atoms with van der Waals surface area (Å²) in [5.74, 6) is 3.98. The Morgan fingerprint density at radius 1 is 1.05 bits per heavy atom. The third-order valence-electron chi connectivity index (χ3n) is 5.90. The van der Waals surface area contributed by atoms with E-state index in [2.05, 4.69) is 18.0 Å². The lowest BCUT2D eigenvalue weighted by Gasteiger charge is -2.55. The molecule has 4 saturated carbocycles. The predicted octanol–water partition coefficient (Wildman–Crippen LogP) is 3.50. The van der Waals surface area contributed by atoms with Gasteiger partial charge in [0.2, 0.25) is 0 Å². The maximum atomic E-state index is 10.8. The second-order valence-electron chi connectivity index (χ2n) is 7.25. The van der Waals surface area contributed by atoms with Gasteiger partial charge in [-0.2, -0.15) is 0 Å². The van der Waals surface area contributed by atoms with E-state index in [0.29, 0.717) is 5.92 Å². The molecule has 0 radical (unpaired) electrons. The normalized spacial score (nSPS) is 41.5. The van der Waals surface area contributed by atoms with Gasteiger partial charge in [-0.1, -0.05) is 6.07 Å². The molecule has 0 amide bonds. The summed E-state index contributed by atoms with van der Waals surface area (Å²) in [5, 5.41) is 10.8. The van der Waals surface area contributed by atoms with E-state index in [4.69, 9.17) is 0 Å². The van der Waals surface area contributed by atoms with Crippen LogP contribution in [-0.4, -0.2) is 10.1 Å². The number of hydrogen-bond donors (Lipinski definition) is 1. The topological polar surface area (TPSA) is 33.1 Å². The highest BCUT2D eigenvalue weighted by atomic mass is 16.3. The zero-order valence-corrected chi connectivity index (χ0v) is 11.6. The Morgan fingerprint density at radius 2 is 1.68 bits per heavy atom. The maximum absolute atomic E-state index is 10.8. The van der Waals surface area contributed by atoms with Crippen LogP contribution < -0.4 is 0 Å². The first-order valence-corrected chi connectivity index (χ1v) is 7.80. The van der Waals surface area contributed by atoms with Crippen LogP contribution in [0, 0.1) is 36.5 Å². The summed E-state index contributed by atoms with van der Waals surface area (Å²) >= 11 is 0. The van der Waals surface area contributed by atoms with E-state index in [1.165, 1.54) is 32.1 Å². The van der Waals surface area contributed by atoms with E-state index in [1.54, 1.807) is 0 Å². The Labute approximate surface area is 115 Å². The van der Waals surface area contributed by atoms with E-state index in [9.17, 15) is 5.11 Å². The molecule has 5 rings (SSSR count). The quantitative estimate of drug-likeness (QED) is 0.879. The van der Waals surface area contributed by atoms with E-state index in [0.717, 1.165) is 34.8 Å². The molecule has 2 nitrogen and oxygen atoms in total. The molecule has 0 saturated heterocycles. The van der Waals surface area contributed by atoms with Gasteiger partial charge in [0.15, 0.2) is 0 Å². The number of aryl methyl sites for hydroxylation is 1. The molecular formula is C17H23NO. The summed E-state index contributed by atoms with van der Waals surface area (Å²) in [5.41, 5.74) is 2.19. The lowest BCUT2D eigenvalue weighted by molar-refractivity contribution is -0.0908. The molecule has 1 heterocycles. The van der Waals surface area contributed by atoms with Crippen LogP contribution >= 0.6 is 0 Å². The van der Waals surface area contributed by atoms with Crippen LogP contribution in [0.25, 0.3) is 0 Å². The Bertz CT molecular complexity index is 456. The van der Waals surface area contributed by atoms with Gasteiger partial charge in [0.1, 0.15) is 0 Å². The summed E-state index contributed by atoms with van der Waals surface area (Å²) in [7, 11) is 0. The Morgan fingerprint density at radius 3 is 2.26 bits per heavy atom. The number of rotatable bonds is 2. The molecule has 0 aliphatic heterocycles. The molecule has 4 fully saturated rings. The highest BCUT2D eigenvalue weighted by molar-refractivity contribution is 5.20. The molecule has 4 bridgehead atoms. The molecule has 4 aliphatic rings. The van der Waals surface area contributed by atoms with Crippen LogP contribution in [0.2, 0.25) is 0 Å². The molecule has 102 valence electrons. The average molecular weight is 257 g/mol. The van der Waals surface area contributed by atoms with Gasteiger partial charge in [-0.15, -0.1) is 0 Å². The summed E-state index contributed by atoms with van der Waals surface area (Å²) in [6, 6.07) is 2.11. The van der Waals surface area contributed by atoms with Crippen LogP contribution in [-0.2, 0) is 0 Å². The van der Waals surface area contributed by atoms with Crippen molar-refractivity contribution in [3.8, 4) is 0 Å². The lowest BCUT2D eigenvalue weighted by Crippen LogP contribution is -2.47. The third kappa shape index (κ3) is 1.92. The molecule has 4 aliphatic carbocycles. The third-order valence-corrected chi connectivity index (χ3v) is 5.90. The van der Waals surface area contributed by atoms with Crippen LogP contribution in [0.5, 0.6) is 0 Å². The summed E-state index contributed by atoms with van der Waals surface area (Å²) in [6.07, 6.45) is 10.4. The highest BCUT2D eigenvalue weighted by Crippen LogP contribution is 2.59. The number of aliphatic hydroxyl groups is 1. The van der Waals surface area contributed by atoms with Gasteiger partial charge in [-0.25, -0.2) is 0 Å². The molecule has 1 atom stereocenters. The van der Waals surface area contributed by atoms with Crippen LogP contribution in [0.3, 0.4) is 0 Å². The van der Waals surface area contributed by atoms with Crippen molar-refractivity contribution in [3.05, 3.63) is 29.6 Å². The second kappa shape index (κ2) is 4.31. The van der Waals surface area contributed by atoms with Gasteiger partial charge >= 0.3 is 0 Å². The van der Waals surface area contributed by atoms with Gasteiger partial charge < -0.3 is 5.11 Å². The molecule has 1 unspecified atom stereocenters. The van der Waals surface area contributed by atoms with Crippen LogP contribution in [0.4, 0.5) is 0 Å². The Kier molecular flexibility index (Phi) is 2.70. The molecule has 19 heavy (non-hydrogen) atoms. The predicted molar refractivity (Wildman–Crippen MR) is 74.5 cm³/mol. The van der Waals surface area contributed by atoms with Crippen molar-refractivity contribution in [1.82, 2.24) is 4.98 Å². The van der Waals surface area contributed by atoms with Crippen molar-refractivity contribution in [2.75, 3.05) is 0 Å². The minimum atomic E-state index is -0.289. The zero-order valence-electron chi connectivity index (χ0n) is 11.6. The largest absolute Gasteiger partial charge is 0.388 e. The molecule has 1 N–H and O–H groups in total. The number of nitrogens with zero attached hydrogens (tertiary/aromatic N) is 1.